The van der Waals surface area contributed by atoms with Crippen LogP contribution in [0.25, 0.3) is 6.08 Å². The predicted molar refractivity (Wildman–Crippen MR) is 120 cm³/mol. The van der Waals surface area contributed by atoms with E-state index < -0.39 is 24.2 Å². The summed E-state index contributed by atoms with van der Waals surface area (Å²) in [6.45, 7) is 0.122. The molecule has 0 unspecified atom stereocenters. The molecule has 0 spiro atoms. The summed E-state index contributed by atoms with van der Waals surface area (Å²) in [5, 5.41) is 9.12. The second-order valence-electron chi connectivity index (χ2n) is 7.32. The van der Waals surface area contributed by atoms with Crippen molar-refractivity contribution in [2.24, 2.45) is 0 Å². The average Bonchev–Trinajstić information content (AvgIpc) is 2.85. The first-order valence-electron chi connectivity index (χ1n) is 10.3. The second kappa shape index (κ2) is 9.91. The highest BCUT2D eigenvalue weighted by atomic mass is 16.7. The van der Waals surface area contributed by atoms with Crippen molar-refractivity contribution in [1.82, 2.24) is 0 Å². The number of methoxy groups -OCH3 is 1. The summed E-state index contributed by atoms with van der Waals surface area (Å²) in [5.41, 5.74) is 1.65. The van der Waals surface area contributed by atoms with E-state index in [1.807, 2.05) is 0 Å². The lowest BCUT2D eigenvalue weighted by molar-refractivity contribution is -0.195. The van der Waals surface area contributed by atoms with Crippen molar-refractivity contribution in [2.75, 3.05) is 7.11 Å². The Morgan fingerprint density at radius 2 is 1.68 bits per heavy atom. The lowest BCUT2D eigenvalue weighted by Gasteiger charge is -2.24. The van der Waals surface area contributed by atoms with E-state index in [2.05, 4.69) is 0 Å². The van der Waals surface area contributed by atoms with Crippen molar-refractivity contribution < 1.29 is 38.4 Å². The molecule has 1 N–H and O–H groups in total. The van der Waals surface area contributed by atoms with Gasteiger partial charge in [-0.05, 0) is 41.5 Å². The zero-order valence-electron chi connectivity index (χ0n) is 18.1. The van der Waals surface area contributed by atoms with E-state index in [4.69, 9.17) is 24.1 Å². The van der Waals surface area contributed by atoms with E-state index in [-0.39, 0.29) is 17.7 Å². The van der Waals surface area contributed by atoms with Crippen molar-refractivity contribution in [3.63, 3.8) is 0 Å². The van der Waals surface area contributed by atoms with Gasteiger partial charge in [-0.25, -0.2) is 14.4 Å². The zero-order chi connectivity index (χ0) is 24.1. The van der Waals surface area contributed by atoms with Gasteiger partial charge >= 0.3 is 17.9 Å². The van der Waals surface area contributed by atoms with Crippen LogP contribution in [0.3, 0.4) is 0 Å². The Bertz CT molecular complexity index is 1240. The average molecular weight is 460 g/mol. The molecule has 3 aromatic rings. The van der Waals surface area contributed by atoms with Gasteiger partial charge in [-0.15, -0.1) is 0 Å². The van der Waals surface area contributed by atoms with Gasteiger partial charge in [0.1, 0.15) is 12.2 Å². The third-order valence-electron chi connectivity index (χ3n) is 5.01. The van der Waals surface area contributed by atoms with Gasteiger partial charge in [0.05, 0.1) is 12.7 Å². The maximum atomic E-state index is 12.5. The lowest BCUT2D eigenvalue weighted by atomic mass is 10.1. The number of carbonyl (C=O) groups is 3. The van der Waals surface area contributed by atoms with Gasteiger partial charge in [0.15, 0.2) is 11.5 Å². The number of benzene rings is 3. The fourth-order valence-electron chi connectivity index (χ4n) is 3.31. The largest absolute Gasteiger partial charge is 0.493 e. The molecule has 1 fully saturated rings. The molecule has 8 heteroatoms. The molecule has 1 aliphatic heterocycles. The van der Waals surface area contributed by atoms with Gasteiger partial charge in [0, 0.05) is 5.56 Å². The molecule has 3 aromatic carbocycles. The molecule has 1 saturated heterocycles. The molecule has 1 aliphatic rings. The fraction of sp³-hybridized carbons (Fsp3) is 0.115. The Morgan fingerprint density at radius 3 is 2.35 bits per heavy atom. The van der Waals surface area contributed by atoms with Crippen LogP contribution in [0.5, 0.6) is 11.5 Å². The molecule has 0 bridgehead atoms. The van der Waals surface area contributed by atoms with E-state index in [0.29, 0.717) is 28.2 Å². The maximum absolute atomic E-state index is 12.5. The van der Waals surface area contributed by atoms with Crippen LogP contribution in [0.15, 0.2) is 78.4 Å². The number of carboxylic acid groups (broad SMARTS) is 1. The SMILES string of the molecule is COc1cc(C=C2C(=O)OC(c3ccccc3)OC2=O)ccc1OCc1cccc(C(=O)O)c1. The highest BCUT2D eigenvalue weighted by molar-refractivity contribution is 6.18. The molecule has 0 amide bonds. The number of hydrogen-bond acceptors (Lipinski definition) is 7. The van der Waals surface area contributed by atoms with Crippen LogP contribution >= 0.6 is 0 Å². The van der Waals surface area contributed by atoms with Crippen LogP contribution in [0.4, 0.5) is 0 Å². The minimum absolute atomic E-state index is 0.122. The van der Waals surface area contributed by atoms with Gasteiger partial charge in [0.2, 0.25) is 0 Å². The molecule has 0 atom stereocenters. The minimum atomic E-state index is -1.09. The number of carbonyl (C=O) groups excluding carboxylic acids is 2. The molecule has 172 valence electrons. The number of cyclic esters (lactones) is 2. The monoisotopic (exact) mass is 460 g/mol. The summed E-state index contributed by atoms with van der Waals surface area (Å²) in [6, 6.07) is 20.0. The number of rotatable bonds is 7. The highest BCUT2D eigenvalue weighted by Gasteiger charge is 2.34. The molecular formula is C26H20O8. The molecule has 34 heavy (non-hydrogen) atoms. The summed E-state index contributed by atoms with van der Waals surface area (Å²) >= 11 is 0. The molecular weight excluding hydrogens is 440 g/mol. The Morgan fingerprint density at radius 1 is 0.941 bits per heavy atom. The Hall–Kier alpha value is -4.59. The first-order valence-corrected chi connectivity index (χ1v) is 10.3. The Kier molecular flexibility index (Phi) is 6.59. The van der Waals surface area contributed by atoms with Crippen LogP contribution in [0, 0.1) is 0 Å². The van der Waals surface area contributed by atoms with Crippen LogP contribution < -0.4 is 9.47 Å². The van der Waals surface area contributed by atoms with E-state index in [9.17, 15) is 14.4 Å². The first kappa shape index (κ1) is 22.6. The molecule has 8 nitrogen and oxygen atoms in total. The second-order valence-corrected chi connectivity index (χ2v) is 7.32. The molecule has 0 saturated carbocycles. The van der Waals surface area contributed by atoms with E-state index in [1.54, 1.807) is 60.7 Å². The van der Waals surface area contributed by atoms with Crippen molar-refractivity contribution in [3.8, 4) is 11.5 Å². The number of carboxylic acids is 1. The Labute approximate surface area is 195 Å². The number of hydrogen-bond donors (Lipinski definition) is 1. The van der Waals surface area contributed by atoms with Gasteiger partial charge < -0.3 is 24.1 Å². The third-order valence-corrected chi connectivity index (χ3v) is 5.01. The number of aromatic carboxylic acids is 1. The predicted octanol–water partition coefficient (Wildman–Crippen LogP) is 4.15. The highest BCUT2D eigenvalue weighted by Crippen LogP contribution is 2.32. The van der Waals surface area contributed by atoms with Gasteiger partial charge in [-0.2, -0.15) is 0 Å². The van der Waals surface area contributed by atoms with Crippen LogP contribution in [0.2, 0.25) is 0 Å². The summed E-state index contributed by atoms with van der Waals surface area (Å²) in [7, 11) is 1.46. The quantitative estimate of drug-likeness (QED) is 0.318. The summed E-state index contributed by atoms with van der Waals surface area (Å²) in [5.74, 6) is -1.83. The fourth-order valence-corrected chi connectivity index (χ4v) is 3.31. The van der Waals surface area contributed by atoms with E-state index in [1.165, 1.54) is 25.3 Å². The topological polar surface area (TPSA) is 108 Å². The smallest absolute Gasteiger partial charge is 0.348 e. The standard InChI is InChI=1S/C26H20O8/c1-31-22-14-16(10-11-21(22)32-15-17-6-5-9-19(12-17)23(27)28)13-20-24(29)33-26(34-25(20)30)18-7-3-2-4-8-18/h2-14,26H,15H2,1H3,(H,27,28). The van der Waals surface area contributed by atoms with Crippen LogP contribution in [-0.4, -0.2) is 30.1 Å². The number of esters is 2. The molecule has 0 aromatic heterocycles. The van der Waals surface area contributed by atoms with Crippen molar-refractivity contribution in [2.45, 2.75) is 12.9 Å². The van der Waals surface area contributed by atoms with Gasteiger partial charge in [-0.3, -0.25) is 0 Å². The van der Waals surface area contributed by atoms with Crippen molar-refractivity contribution in [3.05, 3.63) is 101 Å². The molecule has 1 heterocycles. The normalized spacial score (nSPS) is 15.2. The molecule has 0 aliphatic carbocycles. The maximum Gasteiger partial charge on any atom is 0.348 e. The third kappa shape index (κ3) is 5.07. The molecule has 4 rings (SSSR count). The van der Waals surface area contributed by atoms with Gasteiger partial charge in [-0.1, -0.05) is 48.5 Å². The van der Waals surface area contributed by atoms with Gasteiger partial charge in [0.25, 0.3) is 6.29 Å². The lowest BCUT2D eigenvalue weighted by Crippen LogP contribution is -2.29. The van der Waals surface area contributed by atoms with Crippen molar-refractivity contribution >= 4 is 24.0 Å². The van der Waals surface area contributed by atoms with E-state index in [0.717, 1.165) is 0 Å². The summed E-state index contributed by atoms with van der Waals surface area (Å²) in [6.07, 6.45) is 0.261. The van der Waals surface area contributed by atoms with Crippen LogP contribution in [0.1, 0.15) is 33.3 Å². The Balaban J connectivity index is 1.49. The van der Waals surface area contributed by atoms with Crippen molar-refractivity contribution in [1.29, 1.82) is 0 Å². The van der Waals surface area contributed by atoms with Crippen LogP contribution in [-0.2, 0) is 25.7 Å². The zero-order valence-corrected chi connectivity index (χ0v) is 18.1. The summed E-state index contributed by atoms with van der Waals surface area (Å²) < 4.78 is 21.7. The number of ether oxygens (including phenoxy) is 4. The minimum Gasteiger partial charge on any atom is -0.493 e. The molecule has 0 radical (unpaired) electrons. The first-order chi connectivity index (χ1) is 16.4. The van der Waals surface area contributed by atoms with E-state index >= 15 is 0 Å². The summed E-state index contributed by atoms with van der Waals surface area (Å²) in [4.78, 5) is 36.1.